The van der Waals surface area contributed by atoms with Crippen molar-refractivity contribution in [3.63, 3.8) is 0 Å². The van der Waals surface area contributed by atoms with E-state index >= 15 is 0 Å². The summed E-state index contributed by atoms with van der Waals surface area (Å²) in [6, 6.07) is 0. The van der Waals surface area contributed by atoms with Crippen LogP contribution in [-0.2, 0) is 4.79 Å². The van der Waals surface area contributed by atoms with Gasteiger partial charge in [-0.15, -0.1) is 0 Å². The Bertz CT molecular complexity index is 144. The highest BCUT2D eigenvalue weighted by atomic mass is 16.5. The second kappa shape index (κ2) is 3.63. The fourth-order valence-corrected chi connectivity index (χ4v) is 0.341. The number of hydrogen-bond donors (Lipinski definition) is 5. The molecular weight excluding hydrogens is 154 g/mol. The molecule has 6 nitrogen and oxygen atoms in total. The normalized spacial score (nSPS) is 14.3. The topological polar surface area (TPSA) is 110 Å². The number of rotatable bonds is 3. The quantitative estimate of drug-likeness (QED) is 0.288. The van der Waals surface area contributed by atoms with Gasteiger partial charge in [0.05, 0.1) is 0 Å². The van der Waals surface area contributed by atoms with Gasteiger partial charge in [-0.05, 0) is 6.92 Å². The Balaban J connectivity index is 3.94. The first-order valence-electron chi connectivity index (χ1n) is 2.95. The van der Waals surface area contributed by atoms with Crippen LogP contribution in [0.2, 0.25) is 0 Å². The van der Waals surface area contributed by atoms with Crippen LogP contribution in [0.1, 0.15) is 6.92 Å². The maximum Gasteiger partial charge on any atom is 0.270 e. The van der Waals surface area contributed by atoms with Crippen molar-refractivity contribution in [2.45, 2.75) is 18.9 Å². The minimum absolute atomic E-state index is 0.968. The maximum atomic E-state index is 10.5. The standard InChI is InChI=1S/C5H11NO5/c1-3(8)4(9)6-5(10,11)2-7/h3,7-8,10-11H,2H2,1H3,(H,6,9). The van der Waals surface area contributed by atoms with E-state index in [1.165, 1.54) is 0 Å². The number of aliphatic hydroxyl groups is 4. The Morgan fingerprint density at radius 1 is 1.64 bits per heavy atom. The first kappa shape index (κ1) is 10.3. The molecule has 0 radical (unpaired) electrons. The number of nitrogens with one attached hydrogen (secondary N) is 1. The number of amides is 1. The van der Waals surface area contributed by atoms with Gasteiger partial charge in [-0.3, -0.25) is 4.79 Å². The lowest BCUT2D eigenvalue weighted by Gasteiger charge is -2.20. The van der Waals surface area contributed by atoms with Crippen molar-refractivity contribution in [1.29, 1.82) is 0 Å². The lowest BCUT2D eigenvalue weighted by Crippen LogP contribution is -2.53. The molecule has 0 fully saturated rings. The molecular formula is C5H11NO5. The van der Waals surface area contributed by atoms with Gasteiger partial charge in [0.25, 0.3) is 11.8 Å². The Labute approximate surface area is 63.1 Å². The van der Waals surface area contributed by atoms with Gasteiger partial charge in [-0.25, -0.2) is 0 Å². The summed E-state index contributed by atoms with van der Waals surface area (Å²) >= 11 is 0. The second-order valence-corrected chi connectivity index (χ2v) is 2.14. The lowest BCUT2D eigenvalue weighted by atomic mass is 10.3. The number of aliphatic hydroxyl groups excluding tert-OH is 2. The fraction of sp³-hybridized carbons (Fsp3) is 0.800. The highest BCUT2D eigenvalue weighted by molar-refractivity contribution is 5.80. The maximum absolute atomic E-state index is 10.5. The molecule has 1 amide bonds. The highest BCUT2D eigenvalue weighted by Crippen LogP contribution is 1.92. The Morgan fingerprint density at radius 3 is 2.36 bits per heavy atom. The average molecular weight is 165 g/mol. The summed E-state index contributed by atoms with van der Waals surface area (Å²) in [6.45, 7) is 0.119. The van der Waals surface area contributed by atoms with E-state index in [0.717, 1.165) is 6.92 Å². The first-order valence-corrected chi connectivity index (χ1v) is 2.95. The minimum atomic E-state index is -2.66. The van der Waals surface area contributed by atoms with E-state index in [2.05, 4.69) is 0 Å². The van der Waals surface area contributed by atoms with Crippen molar-refractivity contribution in [2.24, 2.45) is 0 Å². The van der Waals surface area contributed by atoms with Crippen molar-refractivity contribution in [3.8, 4) is 0 Å². The van der Waals surface area contributed by atoms with Crippen LogP contribution in [0.15, 0.2) is 0 Å². The largest absolute Gasteiger partial charge is 0.389 e. The average Bonchev–Trinajstić information content (AvgIpc) is 1.87. The molecule has 1 unspecified atom stereocenters. The van der Waals surface area contributed by atoms with E-state index in [0.29, 0.717) is 0 Å². The first-order chi connectivity index (χ1) is 4.89. The van der Waals surface area contributed by atoms with Crippen molar-refractivity contribution >= 4 is 5.91 Å². The van der Waals surface area contributed by atoms with Gasteiger partial charge in [0, 0.05) is 0 Å². The second-order valence-electron chi connectivity index (χ2n) is 2.14. The van der Waals surface area contributed by atoms with Gasteiger partial charge in [0.15, 0.2) is 0 Å². The van der Waals surface area contributed by atoms with Crippen LogP contribution < -0.4 is 5.32 Å². The molecule has 0 rings (SSSR count). The third kappa shape index (κ3) is 3.89. The van der Waals surface area contributed by atoms with Gasteiger partial charge in [0.2, 0.25) is 0 Å². The van der Waals surface area contributed by atoms with E-state index < -0.39 is 24.5 Å². The molecule has 0 aromatic heterocycles. The van der Waals surface area contributed by atoms with E-state index in [-0.39, 0.29) is 0 Å². The molecule has 0 heterocycles. The summed E-state index contributed by atoms with van der Waals surface area (Å²) in [5.41, 5.74) is 0. The SMILES string of the molecule is CC(O)C(=O)NC(O)(O)CO. The number of carbonyl (C=O) groups is 1. The summed E-state index contributed by atoms with van der Waals surface area (Å²) in [4.78, 5) is 10.5. The van der Waals surface area contributed by atoms with Crippen molar-refractivity contribution in [3.05, 3.63) is 0 Å². The highest BCUT2D eigenvalue weighted by Gasteiger charge is 2.25. The van der Waals surface area contributed by atoms with E-state index in [4.69, 9.17) is 20.4 Å². The third-order valence-corrected chi connectivity index (χ3v) is 0.923. The predicted octanol–water partition coefficient (Wildman–Crippen LogP) is -2.89. The monoisotopic (exact) mass is 165 g/mol. The summed E-state index contributed by atoms with van der Waals surface area (Å²) in [5, 5.41) is 35.6. The van der Waals surface area contributed by atoms with Gasteiger partial charge in [-0.2, -0.15) is 0 Å². The molecule has 5 N–H and O–H groups in total. The van der Waals surface area contributed by atoms with Crippen molar-refractivity contribution in [2.75, 3.05) is 6.61 Å². The van der Waals surface area contributed by atoms with Crippen molar-refractivity contribution in [1.82, 2.24) is 5.32 Å². The van der Waals surface area contributed by atoms with Crippen LogP contribution in [0, 0.1) is 0 Å². The number of carbonyl (C=O) groups excluding carboxylic acids is 1. The Morgan fingerprint density at radius 2 is 2.09 bits per heavy atom. The third-order valence-electron chi connectivity index (χ3n) is 0.923. The summed E-state index contributed by atoms with van der Waals surface area (Å²) in [5.74, 6) is -3.63. The molecule has 0 saturated heterocycles. The molecule has 0 aliphatic rings. The van der Waals surface area contributed by atoms with E-state index in [1.54, 1.807) is 5.32 Å². The minimum Gasteiger partial charge on any atom is -0.389 e. The summed E-state index contributed by atoms with van der Waals surface area (Å²) in [7, 11) is 0. The van der Waals surface area contributed by atoms with Gasteiger partial charge in [-0.1, -0.05) is 0 Å². The van der Waals surface area contributed by atoms with Gasteiger partial charge in [0.1, 0.15) is 12.7 Å². The van der Waals surface area contributed by atoms with E-state index in [1.807, 2.05) is 0 Å². The Kier molecular flexibility index (Phi) is 3.40. The Hall–Kier alpha value is -0.690. The predicted molar refractivity (Wildman–Crippen MR) is 34.1 cm³/mol. The van der Waals surface area contributed by atoms with Crippen molar-refractivity contribution < 1.29 is 25.2 Å². The fourth-order valence-electron chi connectivity index (χ4n) is 0.341. The molecule has 6 heteroatoms. The molecule has 0 aliphatic carbocycles. The molecule has 0 aliphatic heterocycles. The van der Waals surface area contributed by atoms with Gasteiger partial charge < -0.3 is 25.7 Å². The molecule has 0 bridgehead atoms. The molecule has 0 aromatic rings. The molecule has 0 spiro atoms. The lowest BCUT2D eigenvalue weighted by molar-refractivity contribution is -0.211. The molecule has 0 saturated carbocycles. The molecule has 66 valence electrons. The van der Waals surface area contributed by atoms with Crippen LogP contribution in [-0.4, -0.2) is 45.0 Å². The van der Waals surface area contributed by atoms with Gasteiger partial charge >= 0.3 is 0 Å². The van der Waals surface area contributed by atoms with Crippen LogP contribution in [0.5, 0.6) is 0 Å². The molecule has 1 atom stereocenters. The van der Waals surface area contributed by atoms with E-state index in [9.17, 15) is 4.79 Å². The van der Waals surface area contributed by atoms with Crippen LogP contribution in [0.4, 0.5) is 0 Å². The smallest absolute Gasteiger partial charge is 0.270 e. The van der Waals surface area contributed by atoms with Crippen LogP contribution >= 0.6 is 0 Å². The zero-order valence-electron chi connectivity index (χ0n) is 5.98. The van der Waals surface area contributed by atoms with Crippen LogP contribution in [0.25, 0.3) is 0 Å². The van der Waals surface area contributed by atoms with Crippen LogP contribution in [0.3, 0.4) is 0 Å². The number of hydrogen-bond acceptors (Lipinski definition) is 5. The zero-order valence-corrected chi connectivity index (χ0v) is 5.98. The molecule has 11 heavy (non-hydrogen) atoms. The zero-order chi connectivity index (χ0) is 9.07. The molecule has 0 aromatic carbocycles. The summed E-state index contributed by atoms with van der Waals surface area (Å²) in [6.07, 6.45) is -1.35. The summed E-state index contributed by atoms with van der Waals surface area (Å²) < 4.78 is 0.